The highest BCUT2D eigenvalue weighted by atomic mass is 35.5. The van der Waals surface area contributed by atoms with Crippen LogP contribution in [0.3, 0.4) is 0 Å². The molecule has 15 heteroatoms. The fourth-order valence-electron chi connectivity index (χ4n) is 4.87. The lowest BCUT2D eigenvalue weighted by atomic mass is 10.1. The Balaban J connectivity index is 1.24. The van der Waals surface area contributed by atoms with Crippen molar-refractivity contribution < 1.29 is 17.8 Å². The zero-order valence-corrected chi connectivity index (χ0v) is 22.7. The van der Waals surface area contributed by atoms with Gasteiger partial charge in [0.25, 0.3) is 15.9 Å². The monoisotopic (exact) mass is 574 g/mol. The van der Waals surface area contributed by atoms with Crippen LogP contribution in [0.1, 0.15) is 12.2 Å². The number of nitrogens with zero attached hydrogens (tertiary/aromatic N) is 6. The molecule has 198 valence electrons. The minimum absolute atomic E-state index is 0.0794. The number of sulfonamides is 1. The summed E-state index contributed by atoms with van der Waals surface area (Å²) in [4.78, 5) is 19.5. The molecule has 5 heterocycles. The molecule has 1 fully saturated rings. The Kier molecular flexibility index (Phi) is 6.50. The zero-order valence-electron chi connectivity index (χ0n) is 20.3. The fraction of sp³-hybridized carbons (Fsp3) is 0.348. The van der Waals surface area contributed by atoms with Gasteiger partial charge in [-0.3, -0.25) is 4.79 Å². The molecule has 6 rings (SSSR count). The molecule has 12 nitrogen and oxygen atoms in total. The second kappa shape index (κ2) is 9.84. The van der Waals surface area contributed by atoms with Gasteiger partial charge in [0, 0.05) is 54.1 Å². The summed E-state index contributed by atoms with van der Waals surface area (Å²) in [5.41, 5.74) is 1.60. The lowest BCUT2D eigenvalue weighted by Gasteiger charge is -2.41. The minimum atomic E-state index is -3.84. The normalized spacial score (nSPS) is 20.0. The van der Waals surface area contributed by atoms with Crippen molar-refractivity contribution in [2.45, 2.75) is 34.2 Å². The third-order valence-corrected chi connectivity index (χ3v) is 9.97. The van der Waals surface area contributed by atoms with Gasteiger partial charge < -0.3 is 15.2 Å². The van der Waals surface area contributed by atoms with E-state index >= 15 is 0 Å². The van der Waals surface area contributed by atoms with Gasteiger partial charge in [-0.2, -0.15) is 9.52 Å². The second-order valence-corrected chi connectivity index (χ2v) is 12.8. The van der Waals surface area contributed by atoms with Crippen LogP contribution in [0.2, 0.25) is 5.02 Å². The number of fused-ring (bicyclic) bond motifs is 2. The van der Waals surface area contributed by atoms with E-state index in [1.54, 1.807) is 29.2 Å². The van der Waals surface area contributed by atoms with Crippen molar-refractivity contribution in [3.63, 3.8) is 0 Å². The number of piperazine rings is 1. The first-order chi connectivity index (χ1) is 18.3. The largest absolute Gasteiger partial charge is 0.364 e. The van der Waals surface area contributed by atoms with Crippen molar-refractivity contribution in [1.82, 2.24) is 34.8 Å². The van der Waals surface area contributed by atoms with Crippen molar-refractivity contribution in [3.8, 4) is 0 Å². The van der Waals surface area contributed by atoms with Crippen molar-refractivity contribution in [2.75, 3.05) is 25.0 Å². The summed E-state index contributed by atoms with van der Waals surface area (Å²) < 4.78 is 30.6. The quantitative estimate of drug-likeness (QED) is 0.294. The number of amides is 1. The summed E-state index contributed by atoms with van der Waals surface area (Å²) in [5, 5.41) is 18.2. The van der Waals surface area contributed by atoms with Crippen LogP contribution in [0.15, 0.2) is 52.6 Å². The molecule has 0 aliphatic carbocycles. The number of pyridine rings is 1. The van der Waals surface area contributed by atoms with E-state index in [9.17, 15) is 13.2 Å². The van der Waals surface area contributed by atoms with Crippen molar-refractivity contribution in [3.05, 3.63) is 53.6 Å². The van der Waals surface area contributed by atoms with Crippen LogP contribution in [0.25, 0.3) is 10.9 Å². The van der Waals surface area contributed by atoms with Crippen LogP contribution < -0.4 is 9.88 Å². The molecule has 38 heavy (non-hydrogen) atoms. The average Bonchev–Trinajstić information content (AvgIpc) is 3.66. The topological polar surface area (TPSA) is 144 Å². The highest BCUT2D eigenvalue weighted by Crippen LogP contribution is 2.38. The van der Waals surface area contributed by atoms with Gasteiger partial charge in [0.05, 0.1) is 10.6 Å². The van der Waals surface area contributed by atoms with Gasteiger partial charge in [-0.1, -0.05) is 28.6 Å². The Morgan fingerprint density at radius 1 is 1.26 bits per heavy atom. The maximum Gasteiger partial charge on any atom is 0.258 e. The zero-order chi connectivity index (χ0) is 26.4. The van der Waals surface area contributed by atoms with Gasteiger partial charge in [0.1, 0.15) is 12.1 Å². The van der Waals surface area contributed by atoms with Crippen LogP contribution in [-0.2, 0) is 28.3 Å². The lowest BCUT2D eigenvalue weighted by Crippen LogP contribution is -2.58. The Bertz CT molecular complexity index is 1610. The Hall–Kier alpha value is -3.20. The summed E-state index contributed by atoms with van der Waals surface area (Å²) in [6, 6.07) is 8.36. The van der Waals surface area contributed by atoms with Crippen molar-refractivity contribution in [2.24, 2.45) is 7.05 Å². The van der Waals surface area contributed by atoms with Gasteiger partial charge in [-0.25, -0.2) is 13.0 Å². The Morgan fingerprint density at radius 3 is 2.95 bits per heavy atom. The first-order valence-corrected chi connectivity index (χ1v) is 14.7. The number of tetrazole rings is 1. The van der Waals surface area contributed by atoms with Crippen molar-refractivity contribution in [1.29, 1.82) is 0 Å². The molecule has 0 saturated carbocycles. The van der Waals surface area contributed by atoms with E-state index in [4.69, 9.17) is 11.6 Å². The smallest absolute Gasteiger partial charge is 0.258 e. The average molecular weight is 575 g/mol. The lowest BCUT2D eigenvalue weighted by molar-refractivity contribution is -0.673. The van der Waals surface area contributed by atoms with Crippen LogP contribution >= 0.6 is 23.4 Å². The predicted molar refractivity (Wildman–Crippen MR) is 141 cm³/mol. The van der Waals surface area contributed by atoms with Crippen LogP contribution in [0, 0.1) is 0 Å². The molecule has 2 unspecified atom stereocenters. The van der Waals surface area contributed by atoms with Crippen molar-refractivity contribution >= 4 is 55.9 Å². The van der Waals surface area contributed by atoms with Gasteiger partial charge in [0.15, 0.2) is 23.6 Å². The number of nitrogens with one attached hydrogen (secondary N) is 3. The van der Waals surface area contributed by atoms with E-state index in [-0.39, 0.29) is 36.6 Å². The number of carbonyl (C=O) groups excluding carboxylic acids is 1. The number of hydrogen-bond donors (Lipinski definition) is 3. The first kappa shape index (κ1) is 25.1. The van der Waals surface area contributed by atoms with Crippen LogP contribution in [0.4, 0.5) is 5.69 Å². The standard InChI is InChI=1S/C23H24ClN9O3S2/c1-31-7-6-18-19(13-31)37-22(26-18)23(34)33-9-8-32(12-16(33)3-5-20-27-29-30-28-20)38(35,36)21-11-14-10-15(24)2-4-17(14)25-21/h2,4,6-7,10-11,13,16,22,25H,3,5,8-9,12H2,1H3,(H,27,28,29,30)/p+1. The number of aromatic nitrogens is 6. The Morgan fingerprint density at radius 2 is 2.13 bits per heavy atom. The molecule has 1 aromatic carbocycles. The number of benzene rings is 1. The molecule has 2 aliphatic heterocycles. The molecule has 0 bridgehead atoms. The third kappa shape index (κ3) is 4.72. The van der Waals surface area contributed by atoms with Crippen LogP contribution in [-0.4, -0.2) is 80.2 Å². The first-order valence-electron chi connectivity index (χ1n) is 12.0. The summed E-state index contributed by atoms with van der Waals surface area (Å²) >= 11 is 7.55. The number of anilines is 1. The maximum absolute atomic E-state index is 13.7. The summed E-state index contributed by atoms with van der Waals surface area (Å²) in [5.74, 6) is 0.433. The Labute approximate surface area is 227 Å². The van der Waals surface area contributed by atoms with E-state index < -0.39 is 15.4 Å². The fourth-order valence-corrected chi connectivity index (χ4v) is 7.69. The predicted octanol–water partition coefficient (Wildman–Crippen LogP) is 1.54. The van der Waals surface area contributed by atoms with Gasteiger partial charge in [0.2, 0.25) is 0 Å². The molecule has 2 aliphatic rings. The number of H-pyrrole nitrogens is 2. The maximum atomic E-state index is 13.7. The third-order valence-electron chi connectivity index (χ3n) is 6.81. The van der Waals surface area contributed by atoms with E-state index in [0.29, 0.717) is 29.2 Å². The second-order valence-electron chi connectivity index (χ2n) is 9.31. The number of aryl methyl sites for hydroxylation is 2. The van der Waals surface area contributed by atoms with Crippen LogP contribution in [0.5, 0.6) is 0 Å². The number of rotatable bonds is 6. The number of carbonyl (C=O) groups is 1. The summed E-state index contributed by atoms with van der Waals surface area (Å²) in [7, 11) is -1.90. The molecule has 1 saturated heterocycles. The summed E-state index contributed by atoms with van der Waals surface area (Å²) in [6.07, 6.45) is 4.84. The number of halogens is 1. The molecule has 4 aromatic rings. The molecule has 0 spiro atoms. The molecule has 0 radical (unpaired) electrons. The van der Waals surface area contributed by atoms with E-state index in [0.717, 1.165) is 16.0 Å². The van der Waals surface area contributed by atoms with E-state index in [2.05, 4.69) is 30.9 Å². The van der Waals surface area contributed by atoms with E-state index in [1.807, 2.05) is 30.1 Å². The van der Waals surface area contributed by atoms with E-state index in [1.165, 1.54) is 16.1 Å². The summed E-state index contributed by atoms with van der Waals surface area (Å²) in [6.45, 7) is 0.605. The number of thioether (sulfide) groups is 1. The molecular formula is C23H25ClN9O3S2+. The molecular weight excluding hydrogens is 550 g/mol. The van der Waals surface area contributed by atoms with Gasteiger partial charge >= 0.3 is 0 Å². The molecule has 3 aromatic heterocycles. The highest BCUT2D eigenvalue weighted by molar-refractivity contribution is 8.01. The molecule has 2 atom stereocenters. The number of hydrogen-bond acceptors (Lipinski definition) is 8. The van der Waals surface area contributed by atoms with Gasteiger partial charge in [-0.15, -0.1) is 10.2 Å². The minimum Gasteiger partial charge on any atom is -0.364 e. The molecule has 1 amide bonds. The van der Waals surface area contributed by atoms with Gasteiger partial charge in [-0.05, 0) is 30.7 Å². The number of aromatic amines is 2. The SMILES string of the molecule is C[n+]1ccc2c(c1)SC(C(=O)N1CCN(S(=O)(=O)c3cc4cc(Cl)ccc4[nH]3)CC1CCc1nn[nH]n1)N2. The highest BCUT2D eigenvalue weighted by Gasteiger charge is 2.41. The molecule has 3 N–H and O–H groups in total.